The van der Waals surface area contributed by atoms with Gasteiger partial charge in [0.25, 0.3) is 0 Å². The van der Waals surface area contributed by atoms with Gasteiger partial charge in [-0.2, -0.15) is 0 Å². The van der Waals surface area contributed by atoms with Gasteiger partial charge in [-0.3, -0.25) is 4.40 Å². The Morgan fingerprint density at radius 3 is 2.61 bits per heavy atom. The molecule has 1 N–H and O–H groups in total. The number of rotatable bonds is 3. The largest absolute Gasteiger partial charge is 0.378 e. The lowest BCUT2D eigenvalue weighted by molar-refractivity contribution is 0.122. The summed E-state index contributed by atoms with van der Waals surface area (Å²) in [7, 11) is 0. The first-order chi connectivity index (χ1) is 11.3. The molecule has 1 saturated heterocycles. The van der Waals surface area contributed by atoms with Gasteiger partial charge in [0.15, 0.2) is 0 Å². The van der Waals surface area contributed by atoms with E-state index >= 15 is 0 Å². The molecule has 5 heteroatoms. The van der Waals surface area contributed by atoms with Crippen LogP contribution in [0.25, 0.3) is 5.65 Å². The van der Waals surface area contributed by atoms with Crippen molar-refractivity contribution in [3.8, 4) is 0 Å². The molecule has 5 nitrogen and oxygen atoms in total. The first-order valence-electron chi connectivity index (χ1n) is 7.95. The first kappa shape index (κ1) is 14.1. The standard InChI is InChI=1S/C18H20N4O/c1-14-18(22-9-3-2-4-17(22)19-14)20-15-5-7-16(8-6-15)21-10-12-23-13-11-21/h2-9,20H,10-13H2,1H3. The summed E-state index contributed by atoms with van der Waals surface area (Å²) >= 11 is 0. The van der Waals surface area contributed by atoms with E-state index < -0.39 is 0 Å². The van der Waals surface area contributed by atoms with Gasteiger partial charge in [0.05, 0.1) is 18.9 Å². The average molecular weight is 308 g/mol. The van der Waals surface area contributed by atoms with Gasteiger partial charge in [-0.05, 0) is 43.3 Å². The van der Waals surface area contributed by atoms with Gasteiger partial charge >= 0.3 is 0 Å². The Hall–Kier alpha value is -2.53. The van der Waals surface area contributed by atoms with Crippen LogP contribution in [0, 0.1) is 6.92 Å². The van der Waals surface area contributed by atoms with E-state index in [0.29, 0.717) is 0 Å². The van der Waals surface area contributed by atoms with E-state index in [9.17, 15) is 0 Å². The normalized spacial score (nSPS) is 15.1. The third-order valence-corrected chi connectivity index (χ3v) is 4.21. The zero-order chi connectivity index (χ0) is 15.6. The summed E-state index contributed by atoms with van der Waals surface area (Å²) in [5.74, 6) is 1.01. The summed E-state index contributed by atoms with van der Waals surface area (Å²) in [6.45, 7) is 5.55. The van der Waals surface area contributed by atoms with E-state index in [0.717, 1.165) is 49.1 Å². The molecule has 1 aromatic carbocycles. The van der Waals surface area contributed by atoms with Crippen molar-refractivity contribution < 1.29 is 4.74 Å². The molecule has 1 aliphatic heterocycles. The van der Waals surface area contributed by atoms with Crippen molar-refractivity contribution in [2.45, 2.75) is 6.92 Å². The van der Waals surface area contributed by atoms with Gasteiger partial charge in [-0.25, -0.2) is 4.98 Å². The Bertz CT molecular complexity index is 804. The number of pyridine rings is 1. The number of hydrogen-bond acceptors (Lipinski definition) is 4. The fraction of sp³-hybridized carbons (Fsp3) is 0.278. The molecule has 4 rings (SSSR count). The van der Waals surface area contributed by atoms with Crippen molar-refractivity contribution in [1.82, 2.24) is 9.38 Å². The molecule has 0 radical (unpaired) electrons. The minimum absolute atomic E-state index is 0.807. The minimum Gasteiger partial charge on any atom is -0.378 e. The lowest BCUT2D eigenvalue weighted by atomic mass is 10.2. The van der Waals surface area contributed by atoms with E-state index in [1.165, 1.54) is 5.69 Å². The quantitative estimate of drug-likeness (QED) is 0.806. The third kappa shape index (κ3) is 2.75. The SMILES string of the molecule is Cc1nc2ccccn2c1Nc1ccc(N2CCOCC2)cc1. The minimum atomic E-state index is 0.807. The Morgan fingerprint density at radius 2 is 1.83 bits per heavy atom. The fourth-order valence-corrected chi connectivity index (χ4v) is 2.98. The van der Waals surface area contributed by atoms with Crippen molar-refractivity contribution in [3.05, 3.63) is 54.4 Å². The molecule has 3 aromatic rings. The molecule has 1 fully saturated rings. The van der Waals surface area contributed by atoms with Crippen molar-refractivity contribution in [3.63, 3.8) is 0 Å². The van der Waals surface area contributed by atoms with Crippen molar-refractivity contribution in [2.75, 3.05) is 36.5 Å². The van der Waals surface area contributed by atoms with Gasteiger partial charge in [-0.1, -0.05) is 6.07 Å². The van der Waals surface area contributed by atoms with Crippen LogP contribution in [-0.2, 0) is 4.74 Å². The molecule has 0 aliphatic carbocycles. The number of fused-ring (bicyclic) bond motifs is 1. The van der Waals surface area contributed by atoms with Crippen molar-refractivity contribution >= 4 is 22.8 Å². The molecule has 1 aliphatic rings. The Balaban J connectivity index is 1.57. The van der Waals surface area contributed by atoms with Crippen LogP contribution in [0.3, 0.4) is 0 Å². The number of morpholine rings is 1. The molecule has 0 saturated carbocycles. The summed E-state index contributed by atoms with van der Waals surface area (Å²) < 4.78 is 7.48. The van der Waals surface area contributed by atoms with E-state index in [1.54, 1.807) is 0 Å². The van der Waals surface area contributed by atoms with Crippen LogP contribution in [0.1, 0.15) is 5.69 Å². The molecule has 118 valence electrons. The highest BCUT2D eigenvalue weighted by Crippen LogP contribution is 2.24. The molecule has 2 aromatic heterocycles. The summed E-state index contributed by atoms with van der Waals surface area (Å²) in [5.41, 5.74) is 4.26. The Kier molecular flexibility index (Phi) is 3.63. The fourth-order valence-electron chi connectivity index (χ4n) is 2.98. The van der Waals surface area contributed by atoms with Crippen LogP contribution in [0.15, 0.2) is 48.7 Å². The van der Waals surface area contributed by atoms with Gasteiger partial charge in [0.2, 0.25) is 0 Å². The number of anilines is 3. The molecule has 23 heavy (non-hydrogen) atoms. The number of hydrogen-bond donors (Lipinski definition) is 1. The predicted octanol–water partition coefficient (Wildman–Crippen LogP) is 3.22. The highest BCUT2D eigenvalue weighted by atomic mass is 16.5. The number of imidazole rings is 1. The topological polar surface area (TPSA) is 41.8 Å². The van der Waals surface area contributed by atoms with Gasteiger partial charge < -0.3 is 15.0 Å². The highest BCUT2D eigenvalue weighted by molar-refractivity contribution is 5.65. The summed E-state index contributed by atoms with van der Waals surface area (Å²) in [6, 6.07) is 14.6. The van der Waals surface area contributed by atoms with Gasteiger partial charge in [0, 0.05) is 30.7 Å². The molecule has 0 unspecified atom stereocenters. The second-order valence-electron chi connectivity index (χ2n) is 5.75. The Labute approximate surface area is 135 Å². The highest BCUT2D eigenvalue weighted by Gasteiger charge is 2.12. The van der Waals surface area contributed by atoms with Crippen molar-refractivity contribution in [1.29, 1.82) is 0 Å². The maximum Gasteiger partial charge on any atom is 0.138 e. The lowest BCUT2D eigenvalue weighted by Crippen LogP contribution is -2.36. The molecule has 0 spiro atoms. The predicted molar refractivity (Wildman–Crippen MR) is 92.7 cm³/mol. The van der Waals surface area contributed by atoms with Crippen LogP contribution >= 0.6 is 0 Å². The number of aromatic nitrogens is 2. The summed E-state index contributed by atoms with van der Waals surface area (Å²) in [5, 5.41) is 3.48. The summed E-state index contributed by atoms with van der Waals surface area (Å²) in [4.78, 5) is 6.93. The maximum absolute atomic E-state index is 5.41. The second kappa shape index (κ2) is 5.93. The Morgan fingerprint density at radius 1 is 1.04 bits per heavy atom. The van der Waals surface area contributed by atoms with Crippen LogP contribution in [-0.4, -0.2) is 35.7 Å². The monoisotopic (exact) mass is 308 g/mol. The van der Waals surface area contributed by atoms with Crippen LogP contribution in [0.4, 0.5) is 17.2 Å². The molecule has 0 atom stereocenters. The van der Waals surface area contributed by atoms with Crippen molar-refractivity contribution in [2.24, 2.45) is 0 Å². The maximum atomic E-state index is 5.41. The zero-order valence-corrected chi connectivity index (χ0v) is 13.2. The number of nitrogens with zero attached hydrogens (tertiary/aromatic N) is 3. The van der Waals surface area contributed by atoms with E-state index in [-0.39, 0.29) is 0 Å². The summed E-state index contributed by atoms with van der Waals surface area (Å²) in [6.07, 6.45) is 2.03. The van der Waals surface area contributed by atoms with E-state index in [2.05, 4.69) is 43.9 Å². The smallest absolute Gasteiger partial charge is 0.138 e. The molecule has 0 bridgehead atoms. The second-order valence-corrected chi connectivity index (χ2v) is 5.75. The molecular formula is C18H20N4O. The zero-order valence-electron chi connectivity index (χ0n) is 13.2. The molecule has 0 amide bonds. The van der Waals surface area contributed by atoms with E-state index in [1.807, 2.05) is 31.3 Å². The number of aryl methyl sites for hydroxylation is 1. The number of benzene rings is 1. The van der Waals surface area contributed by atoms with Crippen LogP contribution in [0.2, 0.25) is 0 Å². The van der Waals surface area contributed by atoms with Crippen LogP contribution in [0.5, 0.6) is 0 Å². The number of nitrogens with one attached hydrogen (secondary N) is 1. The molecule has 3 heterocycles. The average Bonchev–Trinajstić information content (AvgIpc) is 2.92. The van der Waals surface area contributed by atoms with E-state index in [4.69, 9.17) is 4.74 Å². The third-order valence-electron chi connectivity index (χ3n) is 4.21. The molecular weight excluding hydrogens is 288 g/mol. The number of ether oxygens (including phenoxy) is 1. The lowest BCUT2D eigenvalue weighted by Gasteiger charge is -2.28. The van der Waals surface area contributed by atoms with Gasteiger partial charge in [-0.15, -0.1) is 0 Å². The van der Waals surface area contributed by atoms with Crippen LogP contribution < -0.4 is 10.2 Å². The first-order valence-corrected chi connectivity index (χ1v) is 7.95. The van der Waals surface area contributed by atoms with Gasteiger partial charge in [0.1, 0.15) is 11.5 Å².